The third-order valence-corrected chi connectivity index (χ3v) is 5.57. The monoisotopic (exact) mass is 413 g/mol. The summed E-state index contributed by atoms with van der Waals surface area (Å²) in [6.45, 7) is -0.629. The molecule has 1 aliphatic heterocycles. The molecule has 1 saturated carbocycles. The Bertz CT molecular complexity index is 880. The molecule has 0 spiro atoms. The molecule has 3 heterocycles. The van der Waals surface area contributed by atoms with E-state index in [1.54, 1.807) is 6.20 Å². The molecule has 1 unspecified atom stereocenters. The van der Waals surface area contributed by atoms with Crippen LogP contribution in [0.2, 0.25) is 0 Å². The highest BCUT2D eigenvalue weighted by Crippen LogP contribution is 2.39. The van der Waals surface area contributed by atoms with E-state index in [0.717, 1.165) is 29.7 Å². The van der Waals surface area contributed by atoms with Crippen LogP contribution in [0.5, 0.6) is 0 Å². The molecule has 0 radical (unpaired) electrons. The minimum atomic E-state index is -4.44. The lowest BCUT2D eigenvalue weighted by atomic mass is 9.85. The van der Waals surface area contributed by atoms with E-state index >= 15 is 0 Å². The Balaban J connectivity index is 1.59. The third kappa shape index (κ3) is 3.80. The fraction of sp³-hybridized carbons (Fsp3) is 0.500. The molecule has 150 valence electrons. The first kappa shape index (κ1) is 19.0. The molecule has 2 aliphatic rings. The predicted octanol–water partition coefficient (Wildman–Crippen LogP) is 3.98. The van der Waals surface area contributed by atoms with Gasteiger partial charge < -0.3 is 15.2 Å². The molecule has 1 fully saturated rings. The fourth-order valence-electron chi connectivity index (χ4n) is 3.60. The van der Waals surface area contributed by atoms with Gasteiger partial charge in [-0.3, -0.25) is 4.79 Å². The van der Waals surface area contributed by atoms with E-state index in [-0.39, 0.29) is 23.5 Å². The van der Waals surface area contributed by atoms with E-state index in [1.165, 1.54) is 12.4 Å². The lowest BCUT2D eigenvalue weighted by molar-refractivity contribution is -0.142. The van der Waals surface area contributed by atoms with Crippen LogP contribution in [0.4, 0.5) is 19.0 Å². The summed E-state index contributed by atoms with van der Waals surface area (Å²) in [4.78, 5) is 24.8. The number of hydrogen-bond donors (Lipinski definition) is 2. The lowest BCUT2D eigenvalue weighted by Crippen LogP contribution is -2.43. The van der Waals surface area contributed by atoms with Gasteiger partial charge in [-0.25, -0.2) is 9.97 Å². The van der Waals surface area contributed by atoms with Crippen molar-refractivity contribution in [1.82, 2.24) is 19.9 Å². The van der Waals surface area contributed by atoms with Crippen LogP contribution in [0.3, 0.4) is 0 Å². The average Bonchev–Trinajstić information content (AvgIpc) is 3.23. The van der Waals surface area contributed by atoms with E-state index < -0.39 is 18.6 Å². The molecule has 0 bridgehead atoms. The zero-order valence-corrected chi connectivity index (χ0v) is 15.6. The van der Waals surface area contributed by atoms with Crippen LogP contribution in [0.1, 0.15) is 40.7 Å². The van der Waals surface area contributed by atoms with Gasteiger partial charge in [-0.2, -0.15) is 13.2 Å². The highest BCUT2D eigenvalue weighted by Gasteiger charge is 2.36. The van der Waals surface area contributed by atoms with Crippen molar-refractivity contribution < 1.29 is 18.0 Å². The topological polar surface area (TPSA) is 73.9 Å². The van der Waals surface area contributed by atoms with Crippen molar-refractivity contribution in [2.24, 2.45) is 5.92 Å². The van der Waals surface area contributed by atoms with Gasteiger partial charge >= 0.3 is 6.18 Å². The van der Waals surface area contributed by atoms with Gasteiger partial charge in [0.2, 0.25) is 0 Å². The first-order valence-corrected chi connectivity index (χ1v) is 9.53. The molecule has 10 heteroatoms. The smallest absolute Gasteiger partial charge is 0.368 e. The normalized spacial score (nSPS) is 19.1. The number of amides is 1. The molecule has 1 amide bonds. The molecule has 2 aromatic heterocycles. The number of carbonyl (C=O) groups is 1. The number of aromatic nitrogens is 3. The van der Waals surface area contributed by atoms with Crippen LogP contribution in [-0.2, 0) is 0 Å². The molecule has 1 atom stereocenters. The Hall–Kier alpha value is -2.29. The van der Waals surface area contributed by atoms with E-state index in [9.17, 15) is 18.0 Å². The van der Waals surface area contributed by atoms with E-state index in [2.05, 4.69) is 20.3 Å². The zero-order chi connectivity index (χ0) is 19.9. The Kier molecular flexibility index (Phi) is 4.95. The summed E-state index contributed by atoms with van der Waals surface area (Å²) in [6.07, 6.45) is 1.21. The van der Waals surface area contributed by atoms with Crippen molar-refractivity contribution in [2.45, 2.75) is 30.8 Å². The summed E-state index contributed by atoms with van der Waals surface area (Å²) < 4.78 is 38.9. The van der Waals surface area contributed by atoms with Gasteiger partial charge in [-0.05, 0) is 24.8 Å². The van der Waals surface area contributed by atoms with Crippen molar-refractivity contribution in [3.05, 3.63) is 29.8 Å². The second-order valence-electron chi connectivity index (χ2n) is 7.23. The molecule has 1 aliphatic carbocycles. The second-order valence-corrected chi connectivity index (χ2v) is 7.76. The number of rotatable bonds is 5. The van der Waals surface area contributed by atoms with Gasteiger partial charge in [-0.1, -0.05) is 6.42 Å². The number of H-pyrrole nitrogens is 1. The molecular formula is C18H19ClF3N5O. The van der Waals surface area contributed by atoms with Crippen molar-refractivity contribution in [2.75, 3.05) is 25.0 Å². The zero-order valence-electron chi connectivity index (χ0n) is 14.9. The molecule has 28 heavy (non-hydrogen) atoms. The van der Waals surface area contributed by atoms with E-state index in [1.807, 2.05) is 0 Å². The molecular weight excluding hydrogens is 395 g/mol. The summed E-state index contributed by atoms with van der Waals surface area (Å²) in [7, 11) is 0. The largest absolute Gasteiger partial charge is 0.406 e. The fourth-order valence-corrected chi connectivity index (χ4v) is 3.88. The number of halogens is 4. The van der Waals surface area contributed by atoms with Gasteiger partial charge in [0.15, 0.2) is 0 Å². The number of nitrogens with one attached hydrogen (secondary N) is 2. The van der Waals surface area contributed by atoms with E-state index in [0.29, 0.717) is 23.6 Å². The van der Waals surface area contributed by atoms with Gasteiger partial charge in [0.05, 0.1) is 11.1 Å². The minimum absolute atomic E-state index is 0.100. The number of hydrogen-bond acceptors (Lipinski definition) is 4. The maximum atomic E-state index is 13.0. The number of nitrogens with zero attached hydrogens (tertiary/aromatic N) is 3. The highest BCUT2D eigenvalue weighted by molar-refractivity contribution is 6.22. The van der Waals surface area contributed by atoms with Crippen molar-refractivity contribution in [1.29, 1.82) is 0 Å². The average molecular weight is 414 g/mol. The van der Waals surface area contributed by atoms with Crippen molar-refractivity contribution >= 4 is 23.3 Å². The quantitative estimate of drug-likeness (QED) is 0.727. The van der Waals surface area contributed by atoms with Gasteiger partial charge in [0, 0.05) is 30.4 Å². The summed E-state index contributed by atoms with van der Waals surface area (Å²) in [5, 5.41) is 2.76. The van der Waals surface area contributed by atoms with Crippen molar-refractivity contribution in [3.63, 3.8) is 0 Å². The van der Waals surface area contributed by atoms with Crippen molar-refractivity contribution in [3.8, 4) is 11.3 Å². The van der Waals surface area contributed by atoms with Crippen LogP contribution in [0, 0.1) is 5.92 Å². The third-order valence-electron chi connectivity index (χ3n) is 5.19. The number of carbonyl (C=O) groups excluding carboxylic acids is 1. The Morgan fingerprint density at radius 3 is 2.79 bits per heavy atom. The molecule has 4 rings (SSSR count). The Morgan fingerprint density at radius 1 is 1.32 bits per heavy atom. The molecule has 6 nitrogen and oxygen atoms in total. The molecule has 0 aromatic carbocycles. The minimum Gasteiger partial charge on any atom is -0.368 e. The lowest BCUT2D eigenvalue weighted by Gasteiger charge is -2.32. The second kappa shape index (κ2) is 7.27. The summed E-state index contributed by atoms with van der Waals surface area (Å²) in [5.74, 6) is 0.0958. The SMILES string of the molecule is O=C(c1cc(-c2ncnc3c2C(Cl)CN3)c[nH]1)N(CC1CCC1)CC(F)(F)F. The molecule has 0 saturated heterocycles. The van der Waals surface area contributed by atoms with Gasteiger partial charge in [0.1, 0.15) is 24.4 Å². The Labute approximate surface area is 164 Å². The number of aromatic amines is 1. The maximum Gasteiger partial charge on any atom is 0.406 e. The highest BCUT2D eigenvalue weighted by atomic mass is 35.5. The van der Waals surface area contributed by atoms with Gasteiger partial charge in [0.25, 0.3) is 5.91 Å². The van der Waals surface area contributed by atoms with Crippen LogP contribution >= 0.6 is 11.6 Å². The van der Waals surface area contributed by atoms with E-state index in [4.69, 9.17) is 11.6 Å². The Morgan fingerprint density at radius 2 is 2.11 bits per heavy atom. The maximum absolute atomic E-state index is 13.0. The van der Waals surface area contributed by atoms with Crippen LogP contribution in [0.25, 0.3) is 11.3 Å². The van der Waals surface area contributed by atoms with Crippen LogP contribution in [0.15, 0.2) is 18.6 Å². The summed E-state index contributed by atoms with van der Waals surface area (Å²) >= 11 is 6.32. The number of alkyl halides is 4. The summed E-state index contributed by atoms with van der Waals surface area (Å²) in [6, 6.07) is 1.52. The molecule has 2 N–H and O–H groups in total. The number of anilines is 1. The first-order valence-electron chi connectivity index (χ1n) is 9.09. The molecule has 2 aromatic rings. The van der Waals surface area contributed by atoms with Gasteiger partial charge in [-0.15, -0.1) is 11.6 Å². The summed E-state index contributed by atoms with van der Waals surface area (Å²) in [5.41, 5.74) is 1.98. The predicted molar refractivity (Wildman–Crippen MR) is 98.2 cm³/mol. The van der Waals surface area contributed by atoms with Crippen LogP contribution < -0.4 is 5.32 Å². The number of fused-ring (bicyclic) bond motifs is 1. The van der Waals surface area contributed by atoms with Crippen LogP contribution in [-0.4, -0.2) is 51.6 Å². The first-order chi connectivity index (χ1) is 13.3. The standard InChI is InChI=1S/C18H19ClF3N5O/c19-12-6-24-16-14(12)15(25-9-26-16)11-4-13(23-5-11)17(28)27(8-18(20,21)22)7-10-2-1-3-10/h4-5,9-10,12,23H,1-3,6-8H2,(H,24,25,26).